The van der Waals surface area contributed by atoms with Crippen LogP contribution in [0.4, 0.5) is 5.82 Å². The molecule has 2 N–H and O–H groups in total. The highest BCUT2D eigenvalue weighted by Gasteiger charge is 2.32. The number of pyridine rings is 1. The molecule has 1 aliphatic carbocycles. The first kappa shape index (κ1) is 14.1. The fraction of sp³-hybridized carbons (Fsp3) is 0.538. The van der Waals surface area contributed by atoms with Crippen LogP contribution in [-0.4, -0.2) is 46.6 Å². The fourth-order valence-corrected chi connectivity index (χ4v) is 2.21. The number of aliphatic hydroxyl groups is 1. The molecule has 0 aromatic carbocycles. The van der Waals surface area contributed by atoms with Crippen LogP contribution in [0.15, 0.2) is 12.1 Å². The number of amides is 1. The average Bonchev–Trinajstić information content (AvgIpc) is 3.19. The molecule has 19 heavy (non-hydrogen) atoms. The third-order valence-corrected chi connectivity index (χ3v) is 3.18. The lowest BCUT2D eigenvalue weighted by atomic mass is 10.2. The molecule has 0 saturated heterocycles. The van der Waals surface area contributed by atoms with Crippen molar-refractivity contribution in [2.24, 2.45) is 0 Å². The van der Waals surface area contributed by atoms with Gasteiger partial charge in [0.2, 0.25) is 0 Å². The van der Waals surface area contributed by atoms with E-state index in [1.165, 1.54) is 0 Å². The molecule has 1 amide bonds. The molecule has 0 radical (unpaired) electrons. The molecule has 1 fully saturated rings. The van der Waals surface area contributed by atoms with Gasteiger partial charge in [0.15, 0.2) is 0 Å². The molecule has 1 saturated carbocycles. The standard InChI is InChI=1S/C13H18ClN3O2/c1-2-15-12-8-9(7-11(14)16-12)13(19)17(5-6-18)10-3-4-10/h7-8,10,18H,2-6H2,1H3,(H,15,16). The van der Waals surface area contributed by atoms with Gasteiger partial charge < -0.3 is 15.3 Å². The number of nitrogens with zero attached hydrogens (tertiary/aromatic N) is 2. The summed E-state index contributed by atoms with van der Waals surface area (Å²) >= 11 is 5.94. The van der Waals surface area contributed by atoms with E-state index in [9.17, 15) is 4.79 Å². The number of aromatic nitrogens is 1. The number of rotatable bonds is 6. The highest BCUT2D eigenvalue weighted by Crippen LogP contribution is 2.28. The molecule has 0 atom stereocenters. The van der Waals surface area contributed by atoms with Crippen molar-refractivity contribution in [3.63, 3.8) is 0 Å². The Bertz CT molecular complexity index is 463. The second-order valence-electron chi connectivity index (χ2n) is 4.55. The summed E-state index contributed by atoms with van der Waals surface area (Å²) in [6, 6.07) is 3.52. The quantitative estimate of drug-likeness (QED) is 0.781. The van der Waals surface area contributed by atoms with Gasteiger partial charge in [0.1, 0.15) is 11.0 Å². The number of hydrogen-bond donors (Lipinski definition) is 2. The third-order valence-electron chi connectivity index (χ3n) is 2.99. The number of hydrogen-bond acceptors (Lipinski definition) is 4. The van der Waals surface area contributed by atoms with Crippen molar-refractivity contribution in [1.82, 2.24) is 9.88 Å². The SMILES string of the molecule is CCNc1cc(C(=O)N(CCO)C2CC2)cc(Cl)n1. The van der Waals surface area contributed by atoms with Crippen molar-refractivity contribution >= 4 is 23.3 Å². The van der Waals surface area contributed by atoms with Crippen molar-refractivity contribution in [1.29, 1.82) is 0 Å². The molecule has 0 unspecified atom stereocenters. The van der Waals surface area contributed by atoms with E-state index in [-0.39, 0.29) is 18.6 Å². The van der Waals surface area contributed by atoms with E-state index < -0.39 is 0 Å². The molecule has 6 heteroatoms. The fourth-order valence-electron chi connectivity index (χ4n) is 2.00. The number of anilines is 1. The maximum atomic E-state index is 12.4. The Kier molecular flexibility index (Phi) is 4.61. The van der Waals surface area contributed by atoms with Crippen molar-refractivity contribution in [3.8, 4) is 0 Å². The van der Waals surface area contributed by atoms with Gasteiger partial charge in [-0.1, -0.05) is 11.6 Å². The monoisotopic (exact) mass is 283 g/mol. The van der Waals surface area contributed by atoms with E-state index >= 15 is 0 Å². The van der Waals surface area contributed by atoms with Crippen LogP contribution < -0.4 is 5.32 Å². The maximum absolute atomic E-state index is 12.4. The van der Waals surface area contributed by atoms with E-state index in [0.29, 0.717) is 29.6 Å². The van der Waals surface area contributed by atoms with Crippen LogP contribution in [0, 0.1) is 0 Å². The van der Waals surface area contributed by atoms with Crippen molar-refractivity contribution in [2.45, 2.75) is 25.8 Å². The van der Waals surface area contributed by atoms with E-state index in [1.807, 2.05) is 6.92 Å². The van der Waals surface area contributed by atoms with Crippen LogP contribution in [0.2, 0.25) is 5.15 Å². The van der Waals surface area contributed by atoms with Gasteiger partial charge in [-0.2, -0.15) is 0 Å². The molecule has 1 aliphatic rings. The van der Waals surface area contributed by atoms with Crippen LogP contribution in [0.1, 0.15) is 30.1 Å². The molecule has 0 spiro atoms. The second-order valence-corrected chi connectivity index (χ2v) is 4.93. The van der Waals surface area contributed by atoms with Gasteiger partial charge in [-0.25, -0.2) is 4.98 Å². The minimum atomic E-state index is -0.0972. The van der Waals surface area contributed by atoms with Gasteiger partial charge in [0.25, 0.3) is 5.91 Å². The zero-order valence-electron chi connectivity index (χ0n) is 10.9. The van der Waals surface area contributed by atoms with E-state index in [0.717, 1.165) is 12.8 Å². The number of halogens is 1. The van der Waals surface area contributed by atoms with Crippen LogP contribution in [0.3, 0.4) is 0 Å². The van der Waals surface area contributed by atoms with Gasteiger partial charge in [-0.05, 0) is 31.9 Å². The summed E-state index contributed by atoms with van der Waals surface area (Å²) in [6.07, 6.45) is 2.01. The molecular weight excluding hydrogens is 266 g/mol. The molecule has 0 aliphatic heterocycles. The largest absolute Gasteiger partial charge is 0.395 e. The summed E-state index contributed by atoms with van der Waals surface area (Å²) in [4.78, 5) is 18.2. The van der Waals surface area contributed by atoms with E-state index in [2.05, 4.69) is 10.3 Å². The lowest BCUT2D eigenvalue weighted by Crippen LogP contribution is -2.35. The maximum Gasteiger partial charge on any atom is 0.254 e. The van der Waals surface area contributed by atoms with Crippen LogP contribution in [0.5, 0.6) is 0 Å². The highest BCUT2D eigenvalue weighted by atomic mass is 35.5. The molecule has 1 heterocycles. The minimum Gasteiger partial charge on any atom is -0.395 e. The predicted molar refractivity (Wildman–Crippen MR) is 74.6 cm³/mol. The Morgan fingerprint density at radius 2 is 2.32 bits per heavy atom. The summed E-state index contributed by atoms with van der Waals surface area (Å²) < 4.78 is 0. The van der Waals surface area contributed by atoms with Gasteiger partial charge in [-0.15, -0.1) is 0 Å². The molecule has 5 nitrogen and oxygen atoms in total. The van der Waals surface area contributed by atoms with Crippen LogP contribution in [0.25, 0.3) is 0 Å². The number of carbonyl (C=O) groups excluding carboxylic acids is 1. The number of aliphatic hydroxyl groups excluding tert-OH is 1. The summed E-state index contributed by atoms with van der Waals surface area (Å²) in [7, 11) is 0. The molecule has 1 aromatic rings. The molecular formula is C13H18ClN3O2. The van der Waals surface area contributed by atoms with Gasteiger partial charge in [0.05, 0.1) is 6.61 Å². The Hall–Kier alpha value is -1.33. The first-order chi connectivity index (χ1) is 9.15. The highest BCUT2D eigenvalue weighted by molar-refractivity contribution is 6.29. The lowest BCUT2D eigenvalue weighted by Gasteiger charge is -2.21. The molecule has 0 bridgehead atoms. The Balaban J connectivity index is 2.21. The third kappa shape index (κ3) is 3.58. The Labute approximate surface area is 117 Å². The van der Waals surface area contributed by atoms with Gasteiger partial charge in [0, 0.05) is 24.7 Å². The summed E-state index contributed by atoms with van der Waals surface area (Å²) in [6.45, 7) is 3.00. The number of nitrogens with one attached hydrogen (secondary N) is 1. The molecule has 1 aromatic heterocycles. The zero-order chi connectivity index (χ0) is 13.8. The summed E-state index contributed by atoms with van der Waals surface area (Å²) in [5.41, 5.74) is 0.510. The number of carbonyl (C=O) groups is 1. The second kappa shape index (κ2) is 6.21. The molecule has 104 valence electrons. The Morgan fingerprint density at radius 1 is 1.58 bits per heavy atom. The lowest BCUT2D eigenvalue weighted by molar-refractivity contribution is 0.0707. The first-order valence-corrected chi connectivity index (χ1v) is 6.86. The van der Waals surface area contributed by atoms with Gasteiger partial charge >= 0.3 is 0 Å². The molecule has 2 rings (SSSR count). The summed E-state index contributed by atoms with van der Waals surface area (Å²) in [5.74, 6) is 0.498. The predicted octanol–water partition coefficient (Wildman–Crippen LogP) is 1.76. The average molecular weight is 284 g/mol. The minimum absolute atomic E-state index is 0.0267. The van der Waals surface area contributed by atoms with E-state index in [1.54, 1.807) is 17.0 Å². The van der Waals surface area contributed by atoms with Crippen LogP contribution in [-0.2, 0) is 0 Å². The normalized spacial score (nSPS) is 14.3. The Morgan fingerprint density at radius 3 is 2.89 bits per heavy atom. The van der Waals surface area contributed by atoms with E-state index in [4.69, 9.17) is 16.7 Å². The first-order valence-electron chi connectivity index (χ1n) is 6.49. The van der Waals surface area contributed by atoms with Crippen LogP contribution >= 0.6 is 11.6 Å². The van der Waals surface area contributed by atoms with Crippen molar-refractivity contribution in [2.75, 3.05) is 25.0 Å². The van der Waals surface area contributed by atoms with Gasteiger partial charge in [-0.3, -0.25) is 4.79 Å². The van der Waals surface area contributed by atoms with Crippen molar-refractivity contribution < 1.29 is 9.90 Å². The summed E-state index contributed by atoms with van der Waals surface area (Å²) in [5, 5.41) is 12.4. The van der Waals surface area contributed by atoms with Crippen molar-refractivity contribution in [3.05, 3.63) is 22.8 Å². The smallest absolute Gasteiger partial charge is 0.254 e. The zero-order valence-corrected chi connectivity index (χ0v) is 11.7. The topological polar surface area (TPSA) is 65.5 Å².